The molecule has 0 unspecified atom stereocenters. The molecule has 7 nitrogen and oxygen atoms in total. The minimum atomic E-state index is -0.517. The maximum atomic E-state index is 11.7. The number of rotatable bonds is 7. The number of hydrogen-bond acceptors (Lipinski definition) is 7. The number of carbonyl (C=O) groups excluding carboxylic acids is 1. The van der Waals surface area contributed by atoms with Crippen LogP contribution >= 0.6 is 0 Å². The Morgan fingerprint density at radius 3 is 2.58 bits per heavy atom. The van der Waals surface area contributed by atoms with Crippen LogP contribution in [0.15, 0.2) is 12.3 Å². The summed E-state index contributed by atoms with van der Waals surface area (Å²) in [6.07, 6.45) is 1.36. The molecule has 0 aliphatic heterocycles. The predicted molar refractivity (Wildman–Crippen MR) is 71.0 cm³/mol. The number of carbonyl (C=O) groups is 1. The van der Waals surface area contributed by atoms with E-state index in [0.29, 0.717) is 18.9 Å². The highest BCUT2D eigenvalue weighted by molar-refractivity contribution is 5.95. The maximum Gasteiger partial charge on any atom is 0.340 e. The lowest BCUT2D eigenvalue weighted by molar-refractivity contribution is 0.0527. The number of anilines is 2. The standard InChI is InChI=1S/C12H19N3O4/c1-2-19-12(18)9-7-11(14-8-10(9)13)15(3-5-16)4-6-17/h7-8,16-17H,2-6,13H2,1H3. The molecule has 1 heterocycles. The van der Waals surface area contributed by atoms with Gasteiger partial charge in [-0.05, 0) is 13.0 Å². The molecule has 0 aliphatic rings. The van der Waals surface area contributed by atoms with Crippen molar-refractivity contribution in [3.8, 4) is 0 Å². The van der Waals surface area contributed by atoms with Crippen molar-refractivity contribution in [2.75, 3.05) is 43.5 Å². The Kier molecular flexibility index (Phi) is 6.04. The zero-order valence-electron chi connectivity index (χ0n) is 10.9. The molecule has 0 amide bonds. The van der Waals surface area contributed by atoms with Gasteiger partial charge in [0.05, 0.1) is 37.3 Å². The summed E-state index contributed by atoms with van der Waals surface area (Å²) in [4.78, 5) is 17.5. The number of aromatic nitrogens is 1. The Balaban J connectivity index is 3.01. The monoisotopic (exact) mass is 269 g/mol. The van der Waals surface area contributed by atoms with Crippen LogP contribution in [-0.4, -0.2) is 54.1 Å². The fourth-order valence-corrected chi connectivity index (χ4v) is 1.60. The summed E-state index contributed by atoms with van der Waals surface area (Å²) >= 11 is 0. The quantitative estimate of drug-likeness (QED) is 0.579. The van der Waals surface area contributed by atoms with Gasteiger partial charge in [-0.3, -0.25) is 0 Å². The van der Waals surface area contributed by atoms with Crippen molar-refractivity contribution >= 4 is 17.5 Å². The number of hydrogen-bond donors (Lipinski definition) is 3. The van der Waals surface area contributed by atoms with Gasteiger partial charge in [0.25, 0.3) is 0 Å². The van der Waals surface area contributed by atoms with E-state index >= 15 is 0 Å². The zero-order chi connectivity index (χ0) is 14.3. The number of nitrogen functional groups attached to an aromatic ring is 1. The molecular formula is C12H19N3O4. The summed E-state index contributed by atoms with van der Waals surface area (Å²) in [6, 6.07) is 1.50. The minimum Gasteiger partial charge on any atom is -0.462 e. The topological polar surface area (TPSA) is 109 Å². The van der Waals surface area contributed by atoms with Gasteiger partial charge >= 0.3 is 5.97 Å². The van der Waals surface area contributed by atoms with Crippen LogP contribution < -0.4 is 10.6 Å². The first-order chi connectivity index (χ1) is 9.13. The van der Waals surface area contributed by atoms with Crippen LogP contribution in [0.5, 0.6) is 0 Å². The third-order valence-corrected chi connectivity index (χ3v) is 2.48. The van der Waals surface area contributed by atoms with Crippen LogP contribution in [-0.2, 0) is 4.74 Å². The van der Waals surface area contributed by atoms with E-state index < -0.39 is 5.97 Å². The van der Waals surface area contributed by atoms with Crippen LogP contribution in [0.25, 0.3) is 0 Å². The van der Waals surface area contributed by atoms with E-state index in [9.17, 15) is 4.79 Å². The van der Waals surface area contributed by atoms with Gasteiger partial charge in [-0.25, -0.2) is 9.78 Å². The van der Waals surface area contributed by atoms with E-state index in [2.05, 4.69) is 4.98 Å². The molecule has 0 radical (unpaired) electrons. The molecule has 4 N–H and O–H groups in total. The van der Waals surface area contributed by atoms with E-state index in [-0.39, 0.29) is 31.1 Å². The van der Waals surface area contributed by atoms with E-state index in [1.807, 2.05) is 0 Å². The van der Waals surface area contributed by atoms with E-state index in [1.165, 1.54) is 12.3 Å². The van der Waals surface area contributed by atoms with Gasteiger partial charge in [0.1, 0.15) is 5.82 Å². The highest BCUT2D eigenvalue weighted by atomic mass is 16.5. The highest BCUT2D eigenvalue weighted by Gasteiger charge is 2.15. The van der Waals surface area contributed by atoms with E-state index in [4.69, 9.17) is 20.7 Å². The number of aliphatic hydroxyl groups excluding tert-OH is 2. The molecule has 0 atom stereocenters. The number of esters is 1. The summed E-state index contributed by atoms with van der Waals surface area (Å²) < 4.78 is 4.90. The molecule has 1 rings (SSSR count). The number of nitrogens with zero attached hydrogens (tertiary/aromatic N) is 2. The zero-order valence-corrected chi connectivity index (χ0v) is 10.9. The molecule has 0 fully saturated rings. The van der Waals surface area contributed by atoms with Gasteiger partial charge in [0, 0.05) is 13.1 Å². The second-order valence-corrected chi connectivity index (χ2v) is 3.78. The molecule has 0 saturated heterocycles. The molecule has 19 heavy (non-hydrogen) atoms. The summed E-state index contributed by atoms with van der Waals surface area (Å²) in [5.41, 5.74) is 6.15. The summed E-state index contributed by atoms with van der Waals surface area (Å²) in [5.74, 6) is -0.0584. The van der Waals surface area contributed by atoms with Crippen LogP contribution in [0, 0.1) is 0 Å². The van der Waals surface area contributed by atoms with Crippen LogP contribution in [0.3, 0.4) is 0 Å². The molecule has 0 saturated carbocycles. The number of pyridine rings is 1. The molecule has 106 valence electrons. The third-order valence-electron chi connectivity index (χ3n) is 2.48. The van der Waals surface area contributed by atoms with Crippen LogP contribution in [0.1, 0.15) is 17.3 Å². The first kappa shape index (κ1) is 15.2. The van der Waals surface area contributed by atoms with Gasteiger partial charge in [-0.1, -0.05) is 0 Å². The molecule has 7 heteroatoms. The third kappa shape index (κ3) is 4.08. The lowest BCUT2D eigenvalue weighted by Gasteiger charge is -2.22. The van der Waals surface area contributed by atoms with Crippen molar-refractivity contribution in [3.05, 3.63) is 17.8 Å². The normalized spacial score (nSPS) is 10.3. The van der Waals surface area contributed by atoms with Crippen molar-refractivity contribution in [1.29, 1.82) is 0 Å². The molecule has 0 bridgehead atoms. The van der Waals surface area contributed by atoms with Gasteiger partial charge in [0.15, 0.2) is 0 Å². The number of ether oxygens (including phenoxy) is 1. The van der Waals surface area contributed by atoms with Gasteiger partial charge in [-0.15, -0.1) is 0 Å². The van der Waals surface area contributed by atoms with E-state index in [1.54, 1.807) is 11.8 Å². The highest BCUT2D eigenvalue weighted by Crippen LogP contribution is 2.19. The second-order valence-electron chi connectivity index (χ2n) is 3.78. The average Bonchev–Trinajstić information content (AvgIpc) is 2.39. The predicted octanol–water partition coefficient (Wildman–Crippen LogP) is -0.369. The lowest BCUT2D eigenvalue weighted by atomic mass is 10.2. The second kappa shape index (κ2) is 7.55. The number of nitrogens with two attached hydrogens (primary N) is 1. The average molecular weight is 269 g/mol. The Morgan fingerprint density at radius 2 is 2.05 bits per heavy atom. The summed E-state index contributed by atoms with van der Waals surface area (Å²) in [6.45, 7) is 2.41. The molecule has 0 aromatic carbocycles. The smallest absolute Gasteiger partial charge is 0.340 e. The molecule has 1 aromatic heterocycles. The molecule has 0 spiro atoms. The Labute approximate surface area is 111 Å². The SMILES string of the molecule is CCOC(=O)c1cc(N(CCO)CCO)ncc1N. The Morgan fingerprint density at radius 1 is 1.42 bits per heavy atom. The minimum absolute atomic E-state index is 0.0825. The molecule has 1 aromatic rings. The van der Waals surface area contributed by atoms with Crippen molar-refractivity contribution in [1.82, 2.24) is 4.98 Å². The lowest BCUT2D eigenvalue weighted by Crippen LogP contribution is -2.30. The fourth-order valence-electron chi connectivity index (χ4n) is 1.60. The molecular weight excluding hydrogens is 250 g/mol. The Bertz CT molecular complexity index is 419. The van der Waals surface area contributed by atoms with Gasteiger partial charge in [0.2, 0.25) is 0 Å². The van der Waals surface area contributed by atoms with Crippen molar-refractivity contribution in [2.24, 2.45) is 0 Å². The number of aliphatic hydroxyl groups is 2. The van der Waals surface area contributed by atoms with Crippen LogP contribution in [0.4, 0.5) is 11.5 Å². The van der Waals surface area contributed by atoms with Crippen molar-refractivity contribution in [3.63, 3.8) is 0 Å². The maximum absolute atomic E-state index is 11.7. The molecule has 0 aliphatic carbocycles. The largest absolute Gasteiger partial charge is 0.462 e. The van der Waals surface area contributed by atoms with E-state index in [0.717, 1.165) is 0 Å². The first-order valence-electron chi connectivity index (χ1n) is 6.03. The summed E-state index contributed by atoms with van der Waals surface area (Å²) in [5, 5.41) is 17.9. The van der Waals surface area contributed by atoms with Gasteiger partial charge < -0.3 is 25.6 Å². The fraction of sp³-hybridized carbons (Fsp3) is 0.500. The first-order valence-corrected chi connectivity index (χ1v) is 6.03. The Hall–Kier alpha value is -1.86. The van der Waals surface area contributed by atoms with Crippen LogP contribution in [0.2, 0.25) is 0 Å². The van der Waals surface area contributed by atoms with Gasteiger partial charge in [-0.2, -0.15) is 0 Å². The summed E-state index contributed by atoms with van der Waals surface area (Å²) in [7, 11) is 0. The van der Waals surface area contributed by atoms with Crippen molar-refractivity contribution < 1.29 is 19.7 Å². The van der Waals surface area contributed by atoms with Crippen molar-refractivity contribution in [2.45, 2.75) is 6.92 Å².